The van der Waals surface area contributed by atoms with Crippen molar-refractivity contribution in [3.8, 4) is 5.75 Å². The van der Waals surface area contributed by atoms with Crippen LogP contribution in [0.25, 0.3) is 21.3 Å². The average Bonchev–Trinajstić information content (AvgIpc) is 3.30. The summed E-state index contributed by atoms with van der Waals surface area (Å²) in [5.41, 5.74) is 2.40. The van der Waals surface area contributed by atoms with Crippen LogP contribution < -0.4 is 15.4 Å². The number of rotatable bonds is 8. The van der Waals surface area contributed by atoms with Gasteiger partial charge in [-0.25, -0.2) is 9.97 Å². The number of ether oxygens (including phenoxy) is 2. The van der Waals surface area contributed by atoms with Crippen molar-refractivity contribution < 1.29 is 27.4 Å². The van der Waals surface area contributed by atoms with Gasteiger partial charge in [0, 0.05) is 31.8 Å². The lowest BCUT2D eigenvalue weighted by atomic mass is 10.2. The molecular weight excluding hydrogens is 471 g/mol. The lowest BCUT2D eigenvalue weighted by Crippen LogP contribution is -2.32. The van der Waals surface area contributed by atoms with Gasteiger partial charge in [-0.2, -0.15) is 0 Å². The van der Waals surface area contributed by atoms with Crippen molar-refractivity contribution in [2.24, 2.45) is 7.05 Å². The predicted octanol–water partition coefficient (Wildman–Crippen LogP) is 4.98. The third-order valence-electron chi connectivity index (χ3n) is 4.96. The third kappa shape index (κ3) is 5.39. The van der Waals surface area contributed by atoms with Crippen LogP contribution in [0.4, 0.5) is 24.3 Å². The van der Waals surface area contributed by atoms with Crippen LogP contribution in [-0.4, -0.2) is 46.1 Å². The zero-order valence-electron chi connectivity index (χ0n) is 18.6. The van der Waals surface area contributed by atoms with Crippen molar-refractivity contribution in [1.29, 1.82) is 0 Å². The Morgan fingerprint density at radius 2 is 1.97 bits per heavy atom. The largest absolute Gasteiger partial charge is 0.573 e. The fourth-order valence-corrected chi connectivity index (χ4v) is 4.27. The molecule has 0 bridgehead atoms. The van der Waals surface area contributed by atoms with E-state index in [4.69, 9.17) is 4.74 Å². The maximum atomic E-state index is 12.5. The molecule has 1 atom stereocenters. The molecule has 2 aromatic heterocycles. The first-order valence-corrected chi connectivity index (χ1v) is 11.2. The lowest BCUT2D eigenvalue weighted by molar-refractivity contribution is -0.274. The number of carbonyl (C=O) groups is 1. The first-order valence-electron chi connectivity index (χ1n) is 10.4. The van der Waals surface area contributed by atoms with Crippen molar-refractivity contribution in [2.75, 3.05) is 18.5 Å². The summed E-state index contributed by atoms with van der Waals surface area (Å²) in [6, 6.07) is 9.18. The highest BCUT2D eigenvalue weighted by Gasteiger charge is 2.31. The molecule has 0 fully saturated rings. The van der Waals surface area contributed by atoms with E-state index in [-0.39, 0.29) is 17.8 Å². The number of nitrogens with one attached hydrogen (secondary N) is 2. The normalized spacial score (nSPS) is 12.8. The maximum Gasteiger partial charge on any atom is 0.573 e. The fourth-order valence-electron chi connectivity index (χ4n) is 3.39. The van der Waals surface area contributed by atoms with Gasteiger partial charge in [0.25, 0.3) is 5.91 Å². The minimum atomic E-state index is -4.76. The number of hydrogen-bond donors (Lipinski definition) is 2. The summed E-state index contributed by atoms with van der Waals surface area (Å²) in [5.74, 6) is -0.0561. The topological polar surface area (TPSA) is 90.3 Å². The zero-order chi connectivity index (χ0) is 24.5. The minimum absolute atomic E-state index is 0.0896. The zero-order valence-corrected chi connectivity index (χ0v) is 19.4. The third-order valence-corrected chi connectivity index (χ3v) is 5.89. The molecule has 0 aliphatic rings. The number of hydrogen-bond acceptors (Lipinski definition) is 7. The van der Waals surface area contributed by atoms with E-state index in [1.54, 1.807) is 22.8 Å². The summed E-state index contributed by atoms with van der Waals surface area (Å²) in [6.07, 6.45) is -4.85. The van der Waals surface area contributed by atoms with Crippen LogP contribution in [0.2, 0.25) is 0 Å². The lowest BCUT2D eigenvalue weighted by Gasteiger charge is -2.12. The number of aryl methyl sites for hydroxylation is 1. The molecule has 8 nitrogen and oxygen atoms in total. The molecule has 0 aliphatic heterocycles. The van der Waals surface area contributed by atoms with Crippen LogP contribution in [-0.2, 0) is 11.8 Å². The summed E-state index contributed by atoms with van der Waals surface area (Å²) in [5, 5.41) is 6.40. The number of halogens is 3. The summed E-state index contributed by atoms with van der Waals surface area (Å²) < 4.78 is 49.2. The Morgan fingerprint density at radius 3 is 2.71 bits per heavy atom. The number of thiazole rings is 1. The molecule has 180 valence electrons. The van der Waals surface area contributed by atoms with Gasteiger partial charge in [-0.15, -0.1) is 13.2 Å². The van der Waals surface area contributed by atoms with Gasteiger partial charge in [-0.05, 0) is 44.2 Å². The highest BCUT2D eigenvalue weighted by molar-refractivity contribution is 7.22. The van der Waals surface area contributed by atoms with E-state index in [9.17, 15) is 18.0 Å². The second-order valence-corrected chi connectivity index (χ2v) is 8.53. The van der Waals surface area contributed by atoms with Crippen LogP contribution in [0, 0.1) is 0 Å². The van der Waals surface area contributed by atoms with Gasteiger partial charge >= 0.3 is 6.36 Å². The summed E-state index contributed by atoms with van der Waals surface area (Å²) in [7, 11) is 1.81. The number of amides is 1. The molecule has 2 N–H and O–H groups in total. The maximum absolute atomic E-state index is 12.5. The van der Waals surface area contributed by atoms with Crippen molar-refractivity contribution in [3.05, 3.63) is 42.0 Å². The van der Waals surface area contributed by atoms with Crippen LogP contribution in [0.5, 0.6) is 5.75 Å². The van der Waals surface area contributed by atoms with E-state index in [1.165, 1.54) is 29.5 Å². The molecule has 0 saturated heterocycles. The first kappa shape index (κ1) is 23.8. The highest BCUT2D eigenvalue weighted by Crippen LogP contribution is 2.33. The molecule has 2 heterocycles. The number of fused-ring (bicyclic) bond motifs is 2. The molecule has 0 aliphatic carbocycles. The van der Waals surface area contributed by atoms with Gasteiger partial charge in [0.2, 0.25) is 5.95 Å². The van der Waals surface area contributed by atoms with E-state index >= 15 is 0 Å². The number of aromatic nitrogens is 3. The van der Waals surface area contributed by atoms with E-state index in [0.29, 0.717) is 45.5 Å². The van der Waals surface area contributed by atoms with Crippen molar-refractivity contribution in [3.63, 3.8) is 0 Å². The summed E-state index contributed by atoms with van der Waals surface area (Å²) >= 11 is 1.17. The second-order valence-electron chi connectivity index (χ2n) is 7.50. The van der Waals surface area contributed by atoms with Gasteiger partial charge in [0.15, 0.2) is 5.13 Å². The van der Waals surface area contributed by atoms with E-state index in [2.05, 4.69) is 25.3 Å². The fraction of sp³-hybridized carbons (Fsp3) is 0.318. The van der Waals surface area contributed by atoms with E-state index in [1.807, 2.05) is 20.9 Å². The molecule has 2 aromatic carbocycles. The Labute approximate surface area is 196 Å². The molecule has 0 spiro atoms. The quantitative estimate of drug-likeness (QED) is 0.360. The van der Waals surface area contributed by atoms with Crippen molar-refractivity contribution >= 4 is 49.6 Å². The number of imidazole rings is 1. The Balaban J connectivity index is 1.52. The number of nitrogens with zero attached hydrogens (tertiary/aromatic N) is 3. The number of carbonyl (C=O) groups excluding carboxylic acids is 1. The molecule has 0 saturated carbocycles. The number of alkyl halides is 3. The molecular formula is C22H22F3N5O3S. The first-order chi connectivity index (χ1) is 16.1. The van der Waals surface area contributed by atoms with Gasteiger partial charge < -0.3 is 24.7 Å². The average molecular weight is 494 g/mol. The van der Waals surface area contributed by atoms with Crippen molar-refractivity contribution in [2.45, 2.75) is 26.3 Å². The standard InChI is InChI=1S/C22H22F3N5O3S/c1-4-32-12(2)11-26-19(31)13-5-8-17-16(9-13)27-20(30(17)3)29-21-28-15-7-6-14(10-18(15)34-21)33-22(23,24)25/h5-10,12H,4,11H2,1-3H3,(H,26,31)(H,27,28,29). The molecule has 4 rings (SSSR count). The van der Waals surface area contributed by atoms with Crippen LogP contribution in [0.3, 0.4) is 0 Å². The molecule has 4 aromatic rings. The van der Waals surface area contributed by atoms with Crippen LogP contribution in [0.1, 0.15) is 24.2 Å². The molecule has 34 heavy (non-hydrogen) atoms. The molecule has 0 radical (unpaired) electrons. The smallest absolute Gasteiger partial charge is 0.406 e. The predicted molar refractivity (Wildman–Crippen MR) is 124 cm³/mol. The SMILES string of the molecule is CCOC(C)CNC(=O)c1ccc2c(c1)nc(Nc1nc3ccc(OC(F)(F)F)cc3s1)n2C. The van der Waals surface area contributed by atoms with Crippen molar-refractivity contribution in [1.82, 2.24) is 19.9 Å². The van der Waals surface area contributed by atoms with Gasteiger partial charge in [0.1, 0.15) is 5.75 Å². The highest BCUT2D eigenvalue weighted by atomic mass is 32.1. The number of benzene rings is 2. The van der Waals surface area contributed by atoms with Gasteiger partial charge in [0.05, 0.1) is 27.4 Å². The molecule has 12 heteroatoms. The monoisotopic (exact) mass is 493 g/mol. The van der Waals surface area contributed by atoms with Crippen LogP contribution >= 0.6 is 11.3 Å². The second kappa shape index (κ2) is 9.47. The van der Waals surface area contributed by atoms with E-state index in [0.717, 1.165) is 5.52 Å². The molecule has 1 unspecified atom stereocenters. The summed E-state index contributed by atoms with van der Waals surface area (Å²) in [4.78, 5) is 21.4. The minimum Gasteiger partial charge on any atom is -0.406 e. The number of anilines is 2. The Kier molecular flexibility index (Phi) is 6.62. The van der Waals surface area contributed by atoms with Crippen LogP contribution in [0.15, 0.2) is 36.4 Å². The Morgan fingerprint density at radius 1 is 1.18 bits per heavy atom. The Hall–Kier alpha value is -3.38. The Bertz CT molecular complexity index is 1330. The summed E-state index contributed by atoms with van der Waals surface area (Å²) in [6.45, 7) is 4.75. The van der Waals surface area contributed by atoms with E-state index < -0.39 is 6.36 Å². The van der Waals surface area contributed by atoms with Gasteiger partial charge in [-0.1, -0.05) is 11.3 Å². The molecule has 1 amide bonds. The van der Waals surface area contributed by atoms with Gasteiger partial charge in [-0.3, -0.25) is 4.79 Å².